The predicted octanol–water partition coefficient (Wildman–Crippen LogP) is 1.06. The Balaban J connectivity index is 2.05. The highest BCUT2D eigenvalue weighted by molar-refractivity contribution is 5.82. The van der Waals surface area contributed by atoms with E-state index in [1.807, 2.05) is 37.3 Å². The highest BCUT2D eigenvalue weighted by Crippen LogP contribution is 2.22. The van der Waals surface area contributed by atoms with Gasteiger partial charge in [0.2, 0.25) is 5.95 Å². The monoisotopic (exact) mass is 326 g/mol. The number of aliphatic hydroxyl groups is 2. The summed E-state index contributed by atoms with van der Waals surface area (Å²) in [5, 5.41) is 21.6. The van der Waals surface area contributed by atoms with Gasteiger partial charge in [-0.2, -0.15) is 0 Å². The van der Waals surface area contributed by atoms with Crippen LogP contribution >= 0.6 is 0 Å². The second-order valence-corrected chi connectivity index (χ2v) is 5.53. The Bertz CT molecular complexity index is 919. The lowest BCUT2D eigenvalue weighted by Crippen LogP contribution is -2.28. The number of aromatic amines is 1. The van der Waals surface area contributed by atoms with Crippen molar-refractivity contribution in [2.45, 2.75) is 13.0 Å². The van der Waals surface area contributed by atoms with Crippen LogP contribution in [0.3, 0.4) is 0 Å². The molecule has 2 heterocycles. The molecule has 0 saturated carbocycles. The standard InChI is InChI=1S/C17H18N4O3/c1-10-4-2-3-5-13(10)14-6-11-7-18-17(19-12(8-22)9-23)21-15(11)16(24)20-14/h2-7,12,22-23H,8-9H2,1H3,(H,20,24)(H,18,19,21). The third kappa shape index (κ3) is 3.12. The Hall–Kier alpha value is -2.77. The second-order valence-electron chi connectivity index (χ2n) is 5.53. The van der Waals surface area contributed by atoms with Gasteiger partial charge in [-0.25, -0.2) is 9.97 Å². The number of benzene rings is 1. The molecule has 7 nitrogen and oxygen atoms in total. The molecule has 124 valence electrons. The van der Waals surface area contributed by atoms with E-state index in [1.165, 1.54) is 0 Å². The number of rotatable bonds is 5. The van der Waals surface area contributed by atoms with E-state index in [4.69, 9.17) is 10.2 Å². The van der Waals surface area contributed by atoms with E-state index < -0.39 is 6.04 Å². The number of hydrogen-bond donors (Lipinski definition) is 4. The number of aliphatic hydroxyl groups excluding tert-OH is 2. The molecule has 1 aromatic carbocycles. The Morgan fingerprint density at radius 1 is 1.25 bits per heavy atom. The molecule has 0 saturated heterocycles. The molecule has 0 spiro atoms. The Morgan fingerprint density at radius 3 is 2.71 bits per heavy atom. The summed E-state index contributed by atoms with van der Waals surface area (Å²) in [6.07, 6.45) is 1.55. The third-order valence-electron chi connectivity index (χ3n) is 3.79. The minimum absolute atomic E-state index is 0.185. The van der Waals surface area contributed by atoms with E-state index in [-0.39, 0.29) is 30.2 Å². The first kappa shape index (κ1) is 16.1. The molecule has 7 heteroatoms. The van der Waals surface area contributed by atoms with Crippen LogP contribution in [-0.4, -0.2) is 44.4 Å². The van der Waals surface area contributed by atoms with Crippen molar-refractivity contribution >= 4 is 16.9 Å². The normalized spacial score (nSPS) is 11.2. The number of hydrogen-bond acceptors (Lipinski definition) is 6. The number of aromatic nitrogens is 3. The van der Waals surface area contributed by atoms with Crippen LogP contribution in [0.5, 0.6) is 0 Å². The Morgan fingerprint density at radius 2 is 2.00 bits per heavy atom. The molecule has 3 rings (SSSR count). The van der Waals surface area contributed by atoms with Crippen LogP contribution in [0.1, 0.15) is 5.56 Å². The summed E-state index contributed by atoms with van der Waals surface area (Å²) in [4.78, 5) is 23.6. The van der Waals surface area contributed by atoms with Gasteiger partial charge in [-0.15, -0.1) is 0 Å². The molecular formula is C17H18N4O3. The zero-order chi connectivity index (χ0) is 17.1. The van der Waals surface area contributed by atoms with Crippen molar-refractivity contribution < 1.29 is 10.2 Å². The molecule has 3 aromatic rings. The largest absolute Gasteiger partial charge is 0.394 e. The number of anilines is 1. The van der Waals surface area contributed by atoms with Gasteiger partial charge in [-0.05, 0) is 18.6 Å². The fourth-order valence-electron chi connectivity index (χ4n) is 2.47. The molecule has 4 N–H and O–H groups in total. The first-order valence-electron chi connectivity index (χ1n) is 7.56. The van der Waals surface area contributed by atoms with E-state index in [9.17, 15) is 4.79 Å². The molecular weight excluding hydrogens is 308 g/mol. The fraction of sp³-hybridized carbons (Fsp3) is 0.235. The van der Waals surface area contributed by atoms with E-state index in [2.05, 4.69) is 20.3 Å². The van der Waals surface area contributed by atoms with E-state index in [0.717, 1.165) is 11.1 Å². The molecule has 0 unspecified atom stereocenters. The Kier molecular flexibility index (Phi) is 4.54. The van der Waals surface area contributed by atoms with Gasteiger partial charge in [-0.1, -0.05) is 24.3 Å². The van der Waals surface area contributed by atoms with Crippen molar-refractivity contribution in [2.24, 2.45) is 0 Å². The van der Waals surface area contributed by atoms with E-state index >= 15 is 0 Å². The summed E-state index contributed by atoms with van der Waals surface area (Å²) >= 11 is 0. The first-order valence-corrected chi connectivity index (χ1v) is 7.56. The van der Waals surface area contributed by atoms with Crippen molar-refractivity contribution in [3.63, 3.8) is 0 Å². The van der Waals surface area contributed by atoms with Crippen LogP contribution in [-0.2, 0) is 0 Å². The topological polar surface area (TPSA) is 111 Å². The summed E-state index contributed by atoms with van der Waals surface area (Å²) in [5.41, 5.74) is 2.64. The molecule has 0 aliphatic heterocycles. The zero-order valence-electron chi connectivity index (χ0n) is 13.2. The number of H-pyrrole nitrogens is 1. The van der Waals surface area contributed by atoms with Gasteiger partial charge in [0.05, 0.1) is 19.3 Å². The highest BCUT2D eigenvalue weighted by Gasteiger charge is 2.11. The van der Waals surface area contributed by atoms with E-state index in [1.54, 1.807) is 6.20 Å². The lowest BCUT2D eigenvalue weighted by atomic mass is 10.0. The van der Waals surface area contributed by atoms with Crippen LogP contribution in [0.15, 0.2) is 41.3 Å². The summed E-state index contributed by atoms with van der Waals surface area (Å²) < 4.78 is 0. The van der Waals surface area contributed by atoms with Crippen molar-refractivity contribution in [2.75, 3.05) is 18.5 Å². The van der Waals surface area contributed by atoms with Crippen molar-refractivity contribution in [3.8, 4) is 11.3 Å². The molecule has 2 aromatic heterocycles. The molecule has 0 amide bonds. The molecule has 0 aliphatic carbocycles. The van der Waals surface area contributed by atoms with Crippen LogP contribution in [0.25, 0.3) is 22.2 Å². The molecule has 0 bridgehead atoms. The van der Waals surface area contributed by atoms with Crippen molar-refractivity contribution in [1.29, 1.82) is 0 Å². The maximum absolute atomic E-state index is 12.4. The van der Waals surface area contributed by atoms with Gasteiger partial charge in [0.15, 0.2) is 0 Å². The van der Waals surface area contributed by atoms with E-state index in [0.29, 0.717) is 11.1 Å². The fourth-order valence-corrected chi connectivity index (χ4v) is 2.47. The molecule has 0 fully saturated rings. The number of aryl methyl sites for hydroxylation is 1. The first-order chi connectivity index (χ1) is 11.6. The lowest BCUT2D eigenvalue weighted by Gasteiger charge is -2.13. The number of fused-ring (bicyclic) bond motifs is 1. The van der Waals surface area contributed by atoms with Crippen LogP contribution in [0.2, 0.25) is 0 Å². The predicted molar refractivity (Wildman–Crippen MR) is 91.9 cm³/mol. The minimum atomic E-state index is -0.576. The zero-order valence-corrected chi connectivity index (χ0v) is 13.2. The quantitative estimate of drug-likeness (QED) is 0.558. The van der Waals surface area contributed by atoms with Gasteiger partial charge in [0.25, 0.3) is 5.56 Å². The second kappa shape index (κ2) is 6.77. The summed E-state index contributed by atoms with van der Waals surface area (Å²) in [5.74, 6) is 0.185. The minimum Gasteiger partial charge on any atom is -0.394 e. The van der Waals surface area contributed by atoms with Crippen molar-refractivity contribution in [1.82, 2.24) is 15.0 Å². The smallest absolute Gasteiger partial charge is 0.275 e. The number of nitrogens with zero attached hydrogens (tertiary/aromatic N) is 2. The van der Waals surface area contributed by atoms with Gasteiger partial charge in [0.1, 0.15) is 5.52 Å². The molecule has 24 heavy (non-hydrogen) atoms. The average Bonchev–Trinajstić information content (AvgIpc) is 2.60. The molecule has 0 radical (unpaired) electrons. The SMILES string of the molecule is Cc1ccccc1-c1cc2cnc(NC(CO)CO)nc2c(=O)[nH]1. The number of pyridine rings is 1. The maximum Gasteiger partial charge on any atom is 0.275 e. The summed E-state index contributed by atoms with van der Waals surface area (Å²) in [7, 11) is 0. The van der Waals surface area contributed by atoms with Crippen LogP contribution in [0, 0.1) is 6.92 Å². The van der Waals surface area contributed by atoms with Gasteiger partial charge in [0, 0.05) is 22.8 Å². The maximum atomic E-state index is 12.4. The van der Waals surface area contributed by atoms with Crippen LogP contribution in [0.4, 0.5) is 5.95 Å². The average molecular weight is 326 g/mol. The number of nitrogens with one attached hydrogen (secondary N) is 2. The van der Waals surface area contributed by atoms with Crippen LogP contribution < -0.4 is 10.9 Å². The highest BCUT2D eigenvalue weighted by atomic mass is 16.3. The summed E-state index contributed by atoms with van der Waals surface area (Å²) in [6, 6.07) is 9.03. The summed E-state index contributed by atoms with van der Waals surface area (Å²) in [6.45, 7) is 1.45. The Labute approximate surface area is 138 Å². The molecule has 0 aliphatic rings. The molecule has 0 atom stereocenters. The lowest BCUT2D eigenvalue weighted by molar-refractivity contribution is 0.203. The van der Waals surface area contributed by atoms with Gasteiger partial charge >= 0.3 is 0 Å². The van der Waals surface area contributed by atoms with Gasteiger partial charge < -0.3 is 20.5 Å². The third-order valence-corrected chi connectivity index (χ3v) is 3.79. The van der Waals surface area contributed by atoms with Gasteiger partial charge in [-0.3, -0.25) is 4.79 Å². The van der Waals surface area contributed by atoms with Crippen molar-refractivity contribution in [3.05, 3.63) is 52.4 Å².